The van der Waals surface area contributed by atoms with Gasteiger partial charge in [0, 0.05) is 18.7 Å². The van der Waals surface area contributed by atoms with E-state index in [-0.39, 0.29) is 30.2 Å². The maximum Gasteiger partial charge on any atom is 0.277 e. The van der Waals surface area contributed by atoms with Crippen LogP contribution >= 0.6 is 11.6 Å². The zero-order valence-corrected chi connectivity index (χ0v) is 16.9. The molecule has 2 amide bonds. The molecule has 4 rings (SSSR count). The third-order valence-electron chi connectivity index (χ3n) is 5.33. The minimum Gasteiger partial charge on any atom is -0.502 e. The highest BCUT2D eigenvalue weighted by atomic mass is 35.5. The number of benzene rings is 1. The van der Waals surface area contributed by atoms with Gasteiger partial charge < -0.3 is 20.4 Å². The molecular formula is C19H17ClF2N4O5. The lowest BCUT2D eigenvalue weighted by atomic mass is 10.1. The summed E-state index contributed by atoms with van der Waals surface area (Å²) in [7, 11) is 0. The van der Waals surface area contributed by atoms with Crippen molar-refractivity contribution in [3.63, 3.8) is 0 Å². The van der Waals surface area contributed by atoms with Gasteiger partial charge in [0.1, 0.15) is 35.0 Å². The van der Waals surface area contributed by atoms with Crippen molar-refractivity contribution in [3.8, 4) is 5.75 Å². The minimum atomic E-state index is -1.28. The molecule has 0 spiro atoms. The number of pyridine rings is 1. The molecule has 0 saturated carbocycles. The van der Waals surface area contributed by atoms with Gasteiger partial charge in [-0.25, -0.2) is 13.5 Å². The summed E-state index contributed by atoms with van der Waals surface area (Å²) in [4.78, 5) is 39.6. The maximum absolute atomic E-state index is 14.1. The summed E-state index contributed by atoms with van der Waals surface area (Å²) in [5.41, 5.74) is -2.31. The molecule has 164 valence electrons. The molecule has 0 bridgehead atoms. The summed E-state index contributed by atoms with van der Waals surface area (Å²) in [6.07, 6.45) is -1.28. The van der Waals surface area contributed by atoms with Crippen LogP contribution in [0.5, 0.6) is 5.75 Å². The van der Waals surface area contributed by atoms with Crippen LogP contribution in [0.2, 0.25) is 5.02 Å². The van der Waals surface area contributed by atoms with Gasteiger partial charge in [-0.2, -0.15) is 0 Å². The smallest absolute Gasteiger partial charge is 0.277 e. The fourth-order valence-corrected chi connectivity index (χ4v) is 3.98. The molecule has 12 heteroatoms. The Morgan fingerprint density at radius 1 is 1.32 bits per heavy atom. The van der Waals surface area contributed by atoms with E-state index >= 15 is 0 Å². The van der Waals surface area contributed by atoms with E-state index in [2.05, 4.69) is 5.32 Å². The number of nitrogens with zero attached hydrogens (tertiary/aromatic N) is 3. The molecule has 31 heavy (non-hydrogen) atoms. The molecule has 2 aliphatic heterocycles. The SMILES string of the molecule is CCN1CN2CC(O)c3c(C(=O)NCc4ccc(F)c(Cl)c4F)c(=O)c(O)c(n32)C1=O. The average Bonchev–Trinajstić information content (AvgIpc) is 3.06. The third kappa shape index (κ3) is 3.12. The number of rotatable bonds is 4. The van der Waals surface area contributed by atoms with E-state index in [9.17, 15) is 33.4 Å². The van der Waals surface area contributed by atoms with Gasteiger partial charge in [-0.1, -0.05) is 17.7 Å². The molecule has 3 heterocycles. The molecule has 1 atom stereocenters. The first-order valence-corrected chi connectivity index (χ1v) is 9.70. The van der Waals surface area contributed by atoms with Gasteiger partial charge in [0.15, 0.2) is 11.4 Å². The Hall–Kier alpha value is -3.18. The lowest BCUT2D eigenvalue weighted by Crippen LogP contribution is -2.52. The highest BCUT2D eigenvalue weighted by Crippen LogP contribution is 2.33. The number of aliphatic hydroxyl groups is 1. The van der Waals surface area contributed by atoms with Crippen LogP contribution < -0.4 is 15.8 Å². The van der Waals surface area contributed by atoms with Crippen LogP contribution in [-0.4, -0.2) is 51.4 Å². The summed E-state index contributed by atoms with van der Waals surface area (Å²) in [5, 5.41) is 24.0. The second-order valence-electron chi connectivity index (χ2n) is 7.12. The van der Waals surface area contributed by atoms with Crippen LogP contribution in [0.25, 0.3) is 0 Å². The number of amides is 2. The van der Waals surface area contributed by atoms with Crippen LogP contribution in [0.1, 0.15) is 45.1 Å². The summed E-state index contributed by atoms with van der Waals surface area (Å²) < 4.78 is 28.6. The Labute approximate surface area is 179 Å². The van der Waals surface area contributed by atoms with Crippen molar-refractivity contribution in [2.75, 3.05) is 24.8 Å². The molecule has 9 nitrogen and oxygen atoms in total. The average molecular weight is 455 g/mol. The van der Waals surface area contributed by atoms with Crippen molar-refractivity contribution < 1.29 is 28.6 Å². The summed E-state index contributed by atoms with van der Waals surface area (Å²) in [6.45, 7) is 1.67. The van der Waals surface area contributed by atoms with Gasteiger partial charge in [0.2, 0.25) is 5.43 Å². The van der Waals surface area contributed by atoms with Crippen molar-refractivity contribution in [1.82, 2.24) is 14.9 Å². The van der Waals surface area contributed by atoms with Crippen molar-refractivity contribution in [2.24, 2.45) is 0 Å². The summed E-state index contributed by atoms with van der Waals surface area (Å²) in [5.74, 6) is -4.56. The van der Waals surface area contributed by atoms with Crippen molar-refractivity contribution in [2.45, 2.75) is 19.6 Å². The molecule has 1 aromatic carbocycles. The fraction of sp³-hybridized carbons (Fsp3) is 0.316. The number of halogens is 3. The maximum atomic E-state index is 14.1. The first-order chi connectivity index (χ1) is 14.7. The van der Waals surface area contributed by atoms with Gasteiger partial charge in [0.05, 0.1) is 12.2 Å². The third-order valence-corrected chi connectivity index (χ3v) is 5.68. The largest absolute Gasteiger partial charge is 0.502 e. The molecule has 2 aliphatic rings. The van der Waals surface area contributed by atoms with Crippen molar-refractivity contribution in [1.29, 1.82) is 0 Å². The molecular weight excluding hydrogens is 438 g/mol. The number of carbonyl (C=O) groups is 2. The molecule has 0 radical (unpaired) electrons. The summed E-state index contributed by atoms with van der Waals surface area (Å²) in [6, 6.07) is 2.01. The normalized spacial score (nSPS) is 17.2. The Morgan fingerprint density at radius 2 is 2.03 bits per heavy atom. The monoisotopic (exact) mass is 454 g/mol. The highest BCUT2D eigenvalue weighted by molar-refractivity contribution is 6.30. The lowest BCUT2D eigenvalue weighted by molar-refractivity contribution is 0.0700. The van der Waals surface area contributed by atoms with Crippen LogP contribution in [0, 0.1) is 11.6 Å². The van der Waals surface area contributed by atoms with E-state index in [0.29, 0.717) is 6.54 Å². The van der Waals surface area contributed by atoms with Gasteiger partial charge in [-0.3, -0.25) is 19.4 Å². The van der Waals surface area contributed by atoms with E-state index in [1.54, 1.807) is 6.92 Å². The second-order valence-corrected chi connectivity index (χ2v) is 7.50. The topological polar surface area (TPSA) is 115 Å². The predicted octanol–water partition coefficient (Wildman–Crippen LogP) is 0.834. The van der Waals surface area contributed by atoms with Crippen LogP contribution in [0.4, 0.5) is 8.78 Å². The summed E-state index contributed by atoms with van der Waals surface area (Å²) >= 11 is 5.53. The Kier molecular flexibility index (Phi) is 5.10. The van der Waals surface area contributed by atoms with Crippen molar-refractivity contribution in [3.05, 3.63) is 61.5 Å². The van der Waals surface area contributed by atoms with E-state index in [0.717, 1.165) is 12.1 Å². The van der Waals surface area contributed by atoms with Crippen LogP contribution in [0.15, 0.2) is 16.9 Å². The fourth-order valence-electron chi connectivity index (χ4n) is 3.79. The van der Waals surface area contributed by atoms with Gasteiger partial charge in [0.25, 0.3) is 11.8 Å². The number of hydrogen-bond acceptors (Lipinski definition) is 6. The first-order valence-electron chi connectivity index (χ1n) is 9.32. The molecule has 2 aromatic rings. The number of aliphatic hydroxyl groups excluding tert-OH is 1. The Balaban J connectivity index is 1.75. The van der Waals surface area contributed by atoms with Gasteiger partial charge >= 0.3 is 0 Å². The van der Waals surface area contributed by atoms with Crippen LogP contribution in [-0.2, 0) is 6.54 Å². The van der Waals surface area contributed by atoms with Gasteiger partial charge in [-0.05, 0) is 13.0 Å². The Bertz CT molecular complexity index is 1190. The highest BCUT2D eigenvalue weighted by Gasteiger charge is 2.43. The molecule has 3 N–H and O–H groups in total. The number of aromatic nitrogens is 1. The number of aromatic hydroxyl groups is 1. The quantitative estimate of drug-likeness (QED) is 0.590. The first kappa shape index (κ1) is 21.1. The molecule has 0 saturated heterocycles. The standard InChI is InChI=1S/C19H17ClF2N4O5/c1-2-24-7-25-6-10(27)14-11(16(28)17(29)15(19(24)31)26(14)25)18(30)23-5-8-3-4-9(21)12(20)13(8)22/h3-4,10,27,29H,2,5-7H2,1H3,(H,23,30). The number of carbonyl (C=O) groups excluding carboxylic acids is 2. The molecule has 1 unspecified atom stereocenters. The van der Waals surface area contributed by atoms with Crippen molar-refractivity contribution >= 4 is 23.4 Å². The van der Waals surface area contributed by atoms with E-state index in [1.807, 2.05) is 0 Å². The van der Waals surface area contributed by atoms with E-state index in [1.165, 1.54) is 14.6 Å². The predicted molar refractivity (Wildman–Crippen MR) is 105 cm³/mol. The van der Waals surface area contributed by atoms with Crippen LogP contribution in [0.3, 0.4) is 0 Å². The molecule has 0 aliphatic carbocycles. The zero-order chi connectivity index (χ0) is 22.6. The Morgan fingerprint density at radius 3 is 2.71 bits per heavy atom. The second kappa shape index (κ2) is 7.50. The molecule has 0 fully saturated rings. The lowest BCUT2D eigenvalue weighted by Gasteiger charge is -2.36. The zero-order valence-electron chi connectivity index (χ0n) is 16.2. The van der Waals surface area contributed by atoms with Gasteiger partial charge in [-0.15, -0.1) is 0 Å². The number of nitrogens with one attached hydrogen (secondary N) is 1. The number of hydrogen-bond donors (Lipinski definition) is 3. The van der Waals surface area contributed by atoms with E-state index in [4.69, 9.17) is 11.6 Å². The molecule has 1 aromatic heterocycles. The minimum absolute atomic E-state index is 0.0118. The van der Waals surface area contributed by atoms with E-state index < -0.39 is 57.9 Å².